The van der Waals surface area contributed by atoms with Gasteiger partial charge in [-0.2, -0.15) is 0 Å². The van der Waals surface area contributed by atoms with Gasteiger partial charge in [-0.25, -0.2) is 0 Å². The molecule has 7 nitrogen and oxygen atoms in total. The van der Waals surface area contributed by atoms with Crippen molar-refractivity contribution in [3.8, 4) is 0 Å². The number of rotatable bonds is 9. The number of nitrogens with one attached hydrogen (secondary N) is 1. The molecule has 1 amide bonds. The lowest BCUT2D eigenvalue weighted by molar-refractivity contribution is 0.0967. The zero-order chi connectivity index (χ0) is 19.9. The lowest BCUT2D eigenvalue weighted by atomic mass is 9.99. The molecule has 8 heteroatoms. The van der Waals surface area contributed by atoms with Gasteiger partial charge in [0.15, 0.2) is 5.69 Å². The Morgan fingerprint density at radius 2 is 2.00 bits per heavy atom. The molecular weight excluding hydrogens is 380 g/mol. The van der Waals surface area contributed by atoms with Gasteiger partial charge in [0.05, 0.1) is 4.91 Å². The Hall–Kier alpha value is -2.71. The molecule has 146 valence electrons. The Bertz CT molecular complexity index is 905. The molecule has 1 aliphatic rings. The summed E-state index contributed by atoms with van der Waals surface area (Å²) in [4.78, 5) is 37.9. The van der Waals surface area contributed by atoms with Gasteiger partial charge >= 0.3 is 0 Å². The van der Waals surface area contributed by atoms with Crippen molar-refractivity contribution in [1.29, 1.82) is 0 Å². The van der Waals surface area contributed by atoms with Crippen LogP contribution in [-0.4, -0.2) is 41.6 Å². The fraction of sp³-hybridized carbons (Fsp3) is 0.300. The Kier molecular flexibility index (Phi) is 6.78. The molecule has 1 heterocycles. The number of fused-ring (bicyclic) bond motifs is 1. The normalized spacial score (nSPS) is 13.2. The highest BCUT2D eigenvalue weighted by Crippen LogP contribution is 2.31. The molecule has 1 aromatic heterocycles. The van der Waals surface area contributed by atoms with E-state index < -0.39 is 17.5 Å². The number of allylic oxidation sites excluding steroid dienone is 2. The zero-order valence-electron chi connectivity index (χ0n) is 15.4. The molecule has 0 radical (unpaired) electrons. The third kappa shape index (κ3) is 4.58. The highest BCUT2D eigenvalue weighted by molar-refractivity contribution is 8.04. The summed E-state index contributed by atoms with van der Waals surface area (Å²) in [5.74, 6) is -0.991. The minimum atomic E-state index is -0.597. The molecule has 0 fully saturated rings. The van der Waals surface area contributed by atoms with Gasteiger partial charge in [-0.1, -0.05) is 23.4 Å². The van der Waals surface area contributed by atoms with Crippen LogP contribution in [0.3, 0.4) is 0 Å². The number of carbonyl (C=O) groups is 3. The Labute approximate surface area is 166 Å². The van der Waals surface area contributed by atoms with E-state index in [1.54, 1.807) is 24.3 Å². The number of thioether (sulfide) groups is 1. The predicted octanol–water partition coefficient (Wildman–Crippen LogP) is 3.74. The maximum Gasteiger partial charge on any atom is 0.278 e. The SMILES string of the molecule is CCOCCCCSC1=CC(=O)c2onc(C(=O)Nc3ccccc3)c2C1=O. The number of unbranched alkanes of at least 4 members (excludes halogenated alkanes) is 1. The molecule has 28 heavy (non-hydrogen) atoms. The Morgan fingerprint density at radius 1 is 1.21 bits per heavy atom. The highest BCUT2D eigenvalue weighted by Gasteiger charge is 2.36. The highest BCUT2D eigenvalue weighted by atomic mass is 32.2. The fourth-order valence-electron chi connectivity index (χ4n) is 2.65. The van der Waals surface area contributed by atoms with E-state index in [0.717, 1.165) is 12.8 Å². The van der Waals surface area contributed by atoms with E-state index in [9.17, 15) is 14.4 Å². The average Bonchev–Trinajstić information content (AvgIpc) is 3.15. The van der Waals surface area contributed by atoms with Crippen LogP contribution in [-0.2, 0) is 4.74 Å². The Balaban J connectivity index is 1.69. The first-order chi connectivity index (χ1) is 13.6. The van der Waals surface area contributed by atoms with Crippen LogP contribution in [0.4, 0.5) is 5.69 Å². The minimum absolute atomic E-state index is 0.0715. The lowest BCUT2D eigenvalue weighted by Crippen LogP contribution is -2.20. The van der Waals surface area contributed by atoms with E-state index in [1.165, 1.54) is 17.8 Å². The minimum Gasteiger partial charge on any atom is -0.382 e. The van der Waals surface area contributed by atoms with Crippen molar-refractivity contribution >= 4 is 34.9 Å². The molecule has 3 rings (SSSR count). The number of hydrogen-bond acceptors (Lipinski definition) is 7. The number of para-hydroxylation sites is 1. The van der Waals surface area contributed by atoms with Gasteiger partial charge in [0.1, 0.15) is 5.56 Å². The van der Waals surface area contributed by atoms with Crippen LogP contribution in [0.5, 0.6) is 0 Å². The maximum atomic E-state index is 12.8. The quantitative estimate of drug-likeness (QED) is 0.640. The molecule has 0 saturated heterocycles. The van der Waals surface area contributed by atoms with Crippen LogP contribution >= 0.6 is 11.8 Å². The van der Waals surface area contributed by atoms with Crippen molar-refractivity contribution in [2.45, 2.75) is 19.8 Å². The number of Topliss-reactive ketones (excluding diaryl/α,β-unsaturated/α-hetero) is 1. The molecule has 1 aliphatic carbocycles. The maximum absolute atomic E-state index is 12.8. The van der Waals surface area contributed by atoms with Crippen molar-refractivity contribution in [2.24, 2.45) is 0 Å². The molecule has 0 atom stereocenters. The lowest BCUT2D eigenvalue weighted by Gasteiger charge is -2.11. The van der Waals surface area contributed by atoms with Gasteiger partial charge in [-0.3, -0.25) is 14.4 Å². The van der Waals surface area contributed by atoms with E-state index in [2.05, 4.69) is 10.5 Å². The Morgan fingerprint density at radius 3 is 2.75 bits per heavy atom. The van der Waals surface area contributed by atoms with Gasteiger partial charge in [0.2, 0.25) is 17.3 Å². The predicted molar refractivity (Wildman–Crippen MR) is 106 cm³/mol. The topological polar surface area (TPSA) is 98.5 Å². The van der Waals surface area contributed by atoms with Crippen LogP contribution in [0, 0.1) is 0 Å². The van der Waals surface area contributed by atoms with E-state index in [-0.39, 0.29) is 17.0 Å². The standard InChI is InChI=1S/C20H20N2O5S/c1-2-26-10-6-7-11-28-15-12-14(23)19-16(18(15)24)17(22-27-19)20(25)21-13-8-4-3-5-9-13/h3-5,8-9,12H,2,6-7,10-11H2,1H3,(H,21,25). The molecule has 1 N–H and O–H groups in total. The number of ether oxygens (including phenoxy) is 1. The first-order valence-electron chi connectivity index (χ1n) is 8.99. The molecule has 1 aromatic carbocycles. The van der Waals surface area contributed by atoms with Crippen molar-refractivity contribution in [3.63, 3.8) is 0 Å². The van der Waals surface area contributed by atoms with Crippen LogP contribution in [0.15, 0.2) is 45.8 Å². The van der Waals surface area contributed by atoms with Gasteiger partial charge in [-0.05, 0) is 37.7 Å². The molecule has 0 saturated carbocycles. The summed E-state index contributed by atoms with van der Waals surface area (Å²) in [5.41, 5.74) is 0.302. The number of benzene rings is 1. The molecule has 0 bridgehead atoms. The molecule has 0 spiro atoms. The van der Waals surface area contributed by atoms with Gasteiger partial charge in [0, 0.05) is 25.0 Å². The molecule has 0 unspecified atom stereocenters. The summed E-state index contributed by atoms with van der Waals surface area (Å²) in [5, 5.41) is 6.32. The summed E-state index contributed by atoms with van der Waals surface area (Å²) in [6.45, 7) is 3.28. The largest absolute Gasteiger partial charge is 0.382 e. The van der Waals surface area contributed by atoms with Gasteiger partial charge in [-0.15, -0.1) is 11.8 Å². The van der Waals surface area contributed by atoms with Crippen molar-refractivity contribution in [2.75, 3.05) is 24.3 Å². The number of nitrogens with zero attached hydrogens (tertiary/aromatic N) is 1. The number of carbonyl (C=O) groups excluding carboxylic acids is 3. The molecule has 2 aromatic rings. The van der Waals surface area contributed by atoms with Crippen LogP contribution in [0.2, 0.25) is 0 Å². The monoisotopic (exact) mass is 400 g/mol. The first-order valence-corrected chi connectivity index (χ1v) is 9.97. The number of hydrogen-bond donors (Lipinski definition) is 1. The van der Waals surface area contributed by atoms with Crippen molar-refractivity contribution in [3.05, 3.63) is 58.3 Å². The summed E-state index contributed by atoms with van der Waals surface area (Å²) < 4.78 is 10.3. The van der Waals surface area contributed by atoms with Crippen LogP contribution in [0.1, 0.15) is 51.2 Å². The fourth-order valence-corrected chi connectivity index (χ4v) is 3.64. The van der Waals surface area contributed by atoms with Gasteiger partial charge < -0.3 is 14.6 Å². The number of ketones is 2. The van der Waals surface area contributed by atoms with E-state index in [1.807, 2.05) is 13.0 Å². The third-order valence-corrected chi connectivity index (χ3v) is 5.13. The average molecular weight is 400 g/mol. The molecular formula is C20H20N2O5S. The summed E-state index contributed by atoms with van der Waals surface area (Å²) in [6, 6.07) is 8.78. The second kappa shape index (κ2) is 9.48. The van der Waals surface area contributed by atoms with Crippen molar-refractivity contribution in [1.82, 2.24) is 5.16 Å². The summed E-state index contributed by atoms with van der Waals surface area (Å²) >= 11 is 1.29. The number of anilines is 1. The van der Waals surface area contributed by atoms with Crippen LogP contribution < -0.4 is 5.32 Å². The van der Waals surface area contributed by atoms with E-state index in [0.29, 0.717) is 29.6 Å². The number of amides is 1. The first kappa shape index (κ1) is 20.0. The van der Waals surface area contributed by atoms with Crippen LogP contribution in [0.25, 0.3) is 0 Å². The van der Waals surface area contributed by atoms with Crippen molar-refractivity contribution < 1.29 is 23.6 Å². The van der Waals surface area contributed by atoms with E-state index in [4.69, 9.17) is 9.26 Å². The van der Waals surface area contributed by atoms with E-state index >= 15 is 0 Å². The number of aromatic nitrogens is 1. The third-order valence-electron chi connectivity index (χ3n) is 4.02. The second-order valence-corrected chi connectivity index (χ2v) is 7.15. The molecule has 0 aliphatic heterocycles. The second-order valence-electron chi connectivity index (χ2n) is 6.01. The zero-order valence-corrected chi connectivity index (χ0v) is 16.2. The summed E-state index contributed by atoms with van der Waals surface area (Å²) in [6.07, 6.45) is 2.97. The summed E-state index contributed by atoms with van der Waals surface area (Å²) in [7, 11) is 0. The smallest absolute Gasteiger partial charge is 0.278 e. The van der Waals surface area contributed by atoms with Gasteiger partial charge in [0.25, 0.3) is 5.91 Å².